The molecule has 29 heavy (non-hydrogen) atoms. The topological polar surface area (TPSA) is 72.9 Å². The first-order valence-electron chi connectivity index (χ1n) is 9.72. The molecule has 0 aliphatic heterocycles. The first-order chi connectivity index (χ1) is 14.0. The van der Waals surface area contributed by atoms with Crippen LogP contribution in [0.2, 0.25) is 0 Å². The van der Waals surface area contributed by atoms with Crippen LogP contribution in [-0.2, 0) is 6.54 Å². The zero-order chi connectivity index (χ0) is 20.1. The third kappa shape index (κ3) is 3.30. The van der Waals surface area contributed by atoms with Gasteiger partial charge in [-0.3, -0.25) is 0 Å². The molecule has 1 N–H and O–H groups in total. The quantitative estimate of drug-likeness (QED) is 0.534. The Morgan fingerprint density at radius 2 is 2.03 bits per heavy atom. The van der Waals surface area contributed by atoms with Crippen LogP contribution in [0.4, 0.5) is 14.7 Å². The number of aryl methyl sites for hydroxylation is 1. The maximum absolute atomic E-state index is 13.0. The number of nitrogens with one attached hydrogen (secondary N) is 1. The van der Waals surface area contributed by atoms with E-state index in [9.17, 15) is 8.78 Å². The first-order valence-corrected chi connectivity index (χ1v) is 9.72. The van der Waals surface area contributed by atoms with Gasteiger partial charge in [0, 0.05) is 29.6 Å². The van der Waals surface area contributed by atoms with Crippen molar-refractivity contribution in [1.82, 2.24) is 29.1 Å². The average Bonchev–Trinajstić information content (AvgIpc) is 3.40. The minimum Gasteiger partial charge on any atom is -0.350 e. The smallest absolute Gasteiger partial charge is 0.256 e. The summed E-state index contributed by atoms with van der Waals surface area (Å²) < 4.78 is 29.2. The molecule has 1 atom stereocenters. The second-order valence-electron chi connectivity index (χ2n) is 7.64. The molecule has 1 saturated carbocycles. The fourth-order valence-corrected chi connectivity index (χ4v) is 3.76. The summed E-state index contributed by atoms with van der Waals surface area (Å²) in [5, 5.41) is 7.91. The molecule has 1 aliphatic carbocycles. The summed E-state index contributed by atoms with van der Waals surface area (Å²) in [5.74, 6) is 1.82. The molecule has 0 unspecified atom stereocenters. The second-order valence-corrected chi connectivity index (χ2v) is 7.64. The molecular weight excluding hydrogens is 376 g/mol. The number of rotatable bonds is 6. The van der Waals surface area contributed by atoms with E-state index in [4.69, 9.17) is 0 Å². The van der Waals surface area contributed by atoms with Crippen LogP contribution >= 0.6 is 0 Å². The number of anilines is 1. The molecule has 0 aromatic carbocycles. The molecule has 150 valence electrons. The Hall–Kier alpha value is -3.10. The van der Waals surface area contributed by atoms with Crippen LogP contribution in [0.3, 0.4) is 0 Å². The Labute approximate surface area is 165 Å². The van der Waals surface area contributed by atoms with Crippen LogP contribution in [0.15, 0.2) is 30.7 Å². The van der Waals surface area contributed by atoms with Crippen molar-refractivity contribution in [3.63, 3.8) is 0 Å². The molecule has 0 radical (unpaired) electrons. The van der Waals surface area contributed by atoms with Gasteiger partial charge in [0.25, 0.3) is 6.43 Å². The van der Waals surface area contributed by atoms with Gasteiger partial charge >= 0.3 is 0 Å². The van der Waals surface area contributed by atoms with Crippen molar-refractivity contribution in [3.05, 3.63) is 36.5 Å². The molecule has 0 amide bonds. The van der Waals surface area contributed by atoms with Gasteiger partial charge < -0.3 is 9.88 Å². The number of fused-ring (bicyclic) bond motifs is 2. The molecule has 4 aromatic heterocycles. The van der Waals surface area contributed by atoms with Crippen molar-refractivity contribution in [2.45, 2.75) is 45.7 Å². The molecule has 0 spiro atoms. The van der Waals surface area contributed by atoms with E-state index in [0.29, 0.717) is 34.9 Å². The predicted octanol–water partition coefficient (Wildman–Crippen LogP) is 3.92. The highest BCUT2D eigenvalue weighted by molar-refractivity contribution is 5.85. The molecule has 4 heterocycles. The van der Waals surface area contributed by atoms with Crippen LogP contribution in [0.5, 0.6) is 0 Å². The number of hydrogen-bond acceptors (Lipinski definition) is 5. The van der Waals surface area contributed by atoms with Crippen LogP contribution < -0.4 is 5.32 Å². The molecule has 9 heteroatoms. The van der Waals surface area contributed by atoms with E-state index in [1.54, 1.807) is 23.8 Å². The Kier molecular flexibility index (Phi) is 4.18. The summed E-state index contributed by atoms with van der Waals surface area (Å²) >= 11 is 0. The lowest BCUT2D eigenvalue weighted by Crippen LogP contribution is -2.19. The summed E-state index contributed by atoms with van der Waals surface area (Å²) in [6, 6.07) is 4.13. The van der Waals surface area contributed by atoms with Crippen molar-refractivity contribution >= 4 is 22.6 Å². The third-order valence-corrected chi connectivity index (χ3v) is 5.53. The Balaban J connectivity index is 1.52. The number of alkyl halides is 2. The van der Waals surface area contributed by atoms with Gasteiger partial charge in [-0.2, -0.15) is 0 Å². The second kappa shape index (κ2) is 6.75. The van der Waals surface area contributed by atoms with Gasteiger partial charge in [-0.05, 0) is 44.7 Å². The fraction of sp³-hybridized carbons (Fsp3) is 0.400. The third-order valence-electron chi connectivity index (χ3n) is 5.53. The lowest BCUT2D eigenvalue weighted by molar-refractivity contribution is 0.127. The number of aromatic nitrogens is 6. The van der Waals surface area contributed by atoms with E-state index in [1.807, 2.05) is 18.3 Å². The summed E-state index contributed by atoms with van der Waals surface area (Å²) in [5.41, 5.74) is 3.59. The number of nitrogens with zero attached hydrogens (tertiary/aromatic N) is 6. The standard InChI is InChI=1S/C20H21F2N7/c1-11(13-3-4-13)25-20-24-9-17-15(5-6-29(17)27-20)14-7-16-19(23-8-14)26-12(2)28(16)10-18(21)22/h5-9,11,13,18H,3-4,10H2,1-2H3,(H,25,27)/t11-/m0/s1. The van der Waals surface area contributed by atoms with E-state index in [2.05, 4.69) is 32.3 Å². The van der Waals surface area contributed by atoms with Gasteiger partial charge in [0.05, 0.1) is 23.8 Å². The molecule has 4 aromatic rings. The Morgan fingerprint density at radius 3 is 2.79 bits per heavy atom. The number of halogens is 2. The minimum atomic E-state index is -2.46. The normalized spacial score (nSPS) is 15.5. The number of hydrogen-bond donors (Lipinski definition) is 1. The largest absolute Gasteiger partial charge is 0.350 e. The SMILES string of the molecule is Cc1nc2ncc(-c3ccn4nc(N[C@@H](C)C5CC5)ncc34)cc2n1CC(F)F. The summed E-state index contributed by atoms with van der Waals surface area (Å²) in [7, 11) is 0. The molecular formula is C20H21F2N7. The van der Waals surface area contributed by atoms with Gasteiger partial charge in [0.2, 0.25) is 5.95 Å². The highest BCUT2D eigenvalue weighted by Crippen LogP contribution is 2.33. The molecule has 7 nitrogen and oxygen atoms in total. The average molecular weight is 397 g/mol. The van der Waals surface area contributed by atoms with E-state index in [0.717, 1.165) is 16.6 Å². The van der Waals surface area contributed by atoms with Crippen LogP contribution in [0.25, 0.3) is 27.8 Å². The lowest BCUT2D eigenvalue weighted by Gasteiger charge is -2.12. The molecule has 1 fully saturated rings. The Bertz CT molecular complexity index is 1190. The highest BCUT2D eigenvalue weighted by atomic mass is 19.3. The maximum Gasteiger partial charge on any atom is 0.256 e. The molecule has 0 saturated heterocycles. The van der Waals surface area contributed by atoms with Crippen LogP contribution in [0.1, 0.15) is 25.6 Å². The van der Waals surface area contributed by atoms with E-state index in [1.165, 1.54) is 17.4 Å². The van der Waals surface area contributed by atoms with Gasteiger partial charge in [-0.1, -0.05) is 0 Å². The molecule has 1 aliphatic rings. The van der Waals surface area contributed by atoms with Crippen molar-refractivity contribution in [2.24, 2.45) is 5.92 Å². The molecule has 5 rings (SSSR count). The van der Waals surface area contributed by atoms with Crippen molar-refractivity contribution in [2.75, 3.05) is 5.32 Å². The summed E-state index contributed by atoms with van der Waals surface area (Å²) in [4.78, 5) is 13.1. The van der Waals surface area contributed by atoms with Crippen molar-refractivity contribution in [3.8, 4) is 11.1 Å². The highest BCUT2D eigenvalue weighted by Gasteiger charge is 2.28. The maximum atomic E-state index is 13.0. The van der Waals surface area contributed by atoms with Crippen molar-refractivity contribution < 1.29 is 8.78 Å². The van der Waals surface area contributed by atoms with Crippen molar-refractivity contribution in [1.29, 1.82) is 0 Å². The van der Waals surface area contributed by atoms with Gasteiger partial charge in [-0.25, -0.2) is 28.2 Å². The van der Waals surface area contributed by atoms with Crippen LogP contribution in [-0.4, -0.2) is 41.6 Å². The number of imidazole rings is 1. The predicted molar refractivity (Wildman–Crippen MR) is 106 cm³/mol. The zero-order valence-electron chi connectivity index (χ0n) is 16.2. The van der Waals surface area contributed by atoms with E-state index in [-0.39, 0.29) is 0 Å². The minimum absolute atomic E-state index is 0.354. The van der Waals surface area contributed by atoms with E-state index < -0.39 is 13.0 Å². The zero-order valence-corrected chi connectivity index (χ0v) is 16.2. The number of pyridine rings is 1. The van der Waals surface area contributed by atoms with Gasteiger partial charge in [-0.15, -0.1) is 5.10 Å². The summed E-state index contributed by atoms with van der Waals surface area (Å²) in [6.45, 7) is 3.46. The van der Waals surface area contributed by atoms with E-state index >= 15 is 0 Å². The van der Waals surface area contributed by atoms with Crippen LogP contribution in [0, 0.1) is 12.8 Å². The monoisotopic (exact) mass is 397 g/mol. The Morgan fingerprint density at radius 1 is 1.21 bits per heavy atom. The van der Waals surface area contributed by atoms with Gasteiger partial charge in [0.15, 0.2) is 5.65 Å². The first kappa shape index (κ1) is 18.0. The molecule has 0 bridgehead atoms. The fourth-order valence-electron chi connectivity index (χ4n) is 3.76. The lowest BCUT2D eigenvalue weighted by atomic mass is 10.1. The summed E-state index contributed by atoms with van der Waals surface area (Å²) in [6.07, 6.45) is 5.39. The van der Waals surface area contributed by atoms with Gasteiger partial charge in [0.1, 0.15) is 5.82 Å².